The first kappa shape index (κ1) is 91.1. The van der Waals surface area contributed by atoms with Crippen LogP contribution in [0.4, 0.5) is 0 Å². The third-order valence-electron chi connectivity index (χ3n) is 13.5. The van der Waals surface area contributed by atoms with Crippen LogP contribution in [0, 0.1) is 0 Å². The number of carbonyl (C=O) groups excluding carboxylic acids is 3. The molecule has 0 aromatic carbocycles. The highest BCUT2D eigenvalue weighted by Crippen LogP contribution is 2.45. The molecule has 0 rings (SSSR count). The molecule has 0 heterocycles. The maximum absolute atomic E-state index is 12.9. The molecule has 16 nitrogen and oxygen atoms in total. The molecular formula is C79H122O16P2. The highest BCUT2D eigenvalue weighted by molar-refractivity contribution is 7.47. The molecule has 18 heteroatoms. The summed E-state index contributed by atoms with van der Waals surface area (Å²) in [6.45, 7) is 2.08. The molecule has 0 aliphatic heterocycles. The van der Waals surface area contributed by atoms with Crippen LogP contribution in [0.3, 0.4) is 0 Å². The second kappa shape index (κ2) is 70.0. The summed E-state index contributed by atoms with van der Waals surface area (Å²) >= 11 is 0. The van der Waals surface area contributed by atoms with Crippen LogP contribution < -0.4 is 0 Å². The van der Waals surface area contributed by atoms with Crippen molar-refractivity contribution in [2.24, 2.45) is 0 Å². The molecule has 4 N–H and O–H groups in total. The standard InChI is InChI=1S/C79H122O16P2/c1-4-7-10-13-16-19-22-25-28-31-34-35-36-37-40-42-44-47-50-53-56-59-62-65-77(82)89-68-74(80)69-91-96(85,86)92-70-75(81)71-93-97(87,88)94-73-76(95-79(84)67-64-61-58-55-52-49-46-43-39-33-30-27-24-21-18-15-12-9-6-3)72-90-78(83)66-63-60-57-54-51-48-45-41-38-32-29-26-23-20-17-14-11-8-5-2/h7-12,16-21,25-30,34-35,37-41,43,48-49,51-52,57-58,60-61,74-76,80-81H,4-6,13-15,22-24,31-33,36,42,44-47,50,53-56,59,62-73H2,1-3H3,(H,85,86)(H,87,88)/b10-7-,11-8-,12-9-,19-16-,20-17-,21-18-,28-25-,29-26-,30-27-,35-34-,40-37-,41-38-,43-39-,51-48-,52-49-,60-57-,61-58-. The molecule has 0 saturated heterocycles. The number of aliphatic hydroxyl groups is 2. The number of hydrogen-bond donors (Lipinski definition) is 4. The second-order valence-corrected chi connectivity index (χ2v) is 25.4. The van der Waals surface area contributed by atoms with Gasteiger partial charge in [0.2, 0.25) is 0 Å². The van der Waals surface area contributed by atoms with Crippen LogP contribution >= 0.6 is 15.6 Å². The number of carbonyl (C=O) groups is 3. The summed E-state index contributed by atoms with van der Waals surface area (Å²) in [5, 5.41) is 20.6. The fourth-order valence-electron chi connectivity index (χ4n) is 8.23. The van der Waals surface area contributed by atoms with E-state index in [2.05, 4.69) is 191 Å². The Kier molecular flexibility index (Phi) is 65.8. The fourth-order valence-corrected chi connectivity index (χ4v) is 9.82. The number of esters is 3. The molecule has 0 aliphatic carbocycles. The van der Waals surface area contributed by atoms with Gasteiger partial charge in [-0.15, -0.1) is 0 Å². The number of unbranched alkanes of at least 4 members (excludes halogenated alkanes) is 7. The van der Waals surface area contributed by atoms with Gasteiger partial charge in [0.25, 0.3) is 0 Å². The van der Waals surface area contributed by atoms with Gasteiger partial charge in [0.1, 0.15) is 25.4 Å². The molecule has 0 amide bonds. The van der Waals surface area contributed by atoms with E-state index in [-0.39, 0.29) is 19.3 Å². The monoisotopic (exact) mass is 1390 g/mol. The predicted octanol–water partition coefficient (Wildman–Crippen LogP) is 20.2. The van der Waals surface area contributed by atoms with Crippen LogP contribution in [0.1, 0.15) is 213 Å². The highest BCUT2D eigenvalue weighted by atomic mass is 31.2. The molecule has 0 aromatic rings. The number of phosphoric ester groups is 2. The topological polar surface area (TPSA) is 231 Å². The Morgan fingerprint density at radius 2 is 0.536 bits per heavy atom. The normalized spacial score (nSPS) is 15.3. The maximum Gasteiger partial charge on any atom is 0.472 e. The lowest BCUT2D eigenvalue weighted by atomic mass is 10.1. The van der Waals surface area contributed by atoms with Gasteiger partial charge in [0.05, 0.1) is 26.4 Å². The van der Waals surface area contributed by atoms with Gasteiger partial charge in [-0.25, -0.2) is 9.13 Å². The van der Waals surface area contributed by atoms with E-state index in [1.165, 1.54) is 0 Å². The predicted molar refractivity (Wildman–Crippen MR) is 398 cm³/mol. The number of hydrogen-bond acceptors (Lipinski definition) is 14. The lowest BCUT2D eigenvalue weighted by Gasteiger charge is -2.21. The van der Waals surface area contributed by atoms with E-state index < -0.39 is 91.5 Å². The SMILES string of the molecule is CC/C=C\C/C=C\C/C=C\C/C=C\C/C=C\C/C=C\CCC(=O)OCC(COP(=O)(O)OCC(O)COP(=O)(O)OCC(O)COC(=O)CCCCCCCCC/C=C\C/C=C\C/C=C\C/C=C\C/C=C\CC)OC(=O)CC/C=C\C/C=C\C/C=C\C/C=C\C/C=C\C/C=C\CC. The first-order valence-electron chi connectivity index (χ1n) is 35.4. The minimum atomic E-state index is -4.98. The highest BCUT2D eigenvalue weighted by Gasteiger charge is 2.29. The summed E-state index contributed by atoms with van der Waals surface area (Å²) in [5.74, 6) is -1.81. The number of rotatable bonds is 64. The Balaban J connectivity index is 4.84. The zero-order valence-corrected chi connectivity index (χ0v) is 60.7. The van der Waals surface area contributed by atoms with Gasteiger partial charge in [-0.1, -0.05) is 259 Å². The summed E-state index contributed by atoms with van der Waals surface area (Å²) in [5.41, 5.74) is 0. The van der Waals surface area contributed by atoms with Crippen molar-refractivity contribution in [1.29, 1.82) is 0 Å². The molecule has 0 aromatic heterocycles. The fraction of sp³-hybridized carbons (Fsp3) is 0.532. The Labute approximate surface area is 584 Å². The van der Waals surface area contributed by atoms with Crippen molar-refractivity contribution in [3.05, 3.63) is 207 Å². The van der Waals surface area contributed by atoms with Gasteiger partial charge < -0.3 is 34.2 Å². The molecule has 0 aliphatic rings. The lowest BCUT2D eigenvalue weighted by molar-refractivity contribution is -0.161. The van der Waals surface area contributed by atoms with Crippen molar-refractivity contribution in [2.45, 2.75) is 232 Å². The first-order chi connectivity index (χ1) is 47.2. The van der Waals surface area contributed by atoms with Crippen molar-refractivity contribution < 1.29 is 75.8 Å². The van der Waals surface area contributed by atoms with Crippen LogP contribution in [0.5, 0.6) is 0 Å². The van der Waals surface area contributed by atoms with Crippen molar-refractivity contribution in [1.82, 2.24) is 0 Å². The van der Waals surface area contributed by atoms with Crippen molar-refractivity contribution in [3.63, 3.8) is 0 Å². The lowest BCUT2D eigenvalue weighted by Crippen LogP contribution is -2.29. The number of allylic oxidation sites excluding steroid dienone is 34. The van der Waals surface area contributed by atoms with Crippen LogP contribution in [0.25, 0.3) is 0 Å². The average molecular weight is 1390 g/mol. The maximum atomic E-state index is 12.9. The molecule has 0 bridgehead atoms. The van der Waals surface area contributed by atoms with Crippen LogP contribution in [0.2, 0.25) is 0 Å². The Morgan fingerprint density at radius 3 is 0.876 bits per heavy atom. The Hall–Kier alpha value is -5.87. The van der Waals surface area contributed by atoms with E-state index in [0.29, 0.717) is 32.1 Å². The summed E-state index contributed by atoms with van der Waals surface area (Å²) in [7, 11) is -9.85. The van der Waals surface area contributed by atoms with Crippen LogP contribution in [-0.2, 0) is 55.8 Å². The largest absolute Gasteiger partial charge is 0.472 e. The van der Waals surface area contributed by atoms with Crippen LogP contribution in [-0.4, -0.2) is 95.9 Å². The van der Waals surface area contributed by atoms with Gasteiger partial charge in [0.15, 0.2) is 6.10 Å². The Morgan fingerprint density at radius 1 is 0.289 bits per heavy atom. The van der Waals surface area contributed by atoms with Gasteiger partial charge in [-0.05, 0) is 141 Å². The van der Waals surface area contributed by atoms with E-state index in [0.717, 1.165) is 141 Å². The molecular weight excluding hydrogens is 1270 g/mol. The quantitative estimate of drug-likeness (QED) is 0.0146. The minimum absolute atomic E-state index is 0.0194. The summed E-state index contributed by atoms with van der Waals surface area (Å²) in [6, 6.07) is 0. The molecule has 97 heavy (non-hydrogen) atoms. The smallest absolute Gasteiger partial charge is 0.463 e. The number of ether oxygens (including phenoxy) is 3. The summed E-state index contributed by atoms with van der Waals surface area (Å²) < 4.78 is 60.8. The molecule has 0 saturated carbocycles. The van der Waals surface area contributed by atoms with Crippen molar-refractivity contribution in [3.8, 4) is 0 Å². The third kappa shape index (κ3) is 71.2. The van der Waals surface area contributed by atoms with Gasteiger partial charge in [-0.3, -0.25) is 32.5 Å². The number of phosphoric acid groups is 2. The van der Waals surface area contributed by atoms with E-state index in [4.69, 9.17) is 32.3 Å². The summed E-state index contributed by atoms with van der Waals surface area (Å²) in [4.78, 5) is 58.4. The molecule has 5 atom stereocenters. The van der Waals surface area contributed by atoms with Crippen molar-refractivity contribution >= 4 is 33.6 Å². The first-order valence-corrected chi connectivity index (χ1v) is 38.4. The zero-order valence-electron chi connectivity index (χ0n) is 58.9. The van der Waals surface area contributed by atoms with E-state index in [1.54, 1.807) is 0 Å². The molecule has 5 unspecified atom stereocenters. The average Bonchev–Trinajstić information content (AvgIpc) is 1.62. The third-order valence-corrected chi connectivity index (χ3v) is 15.4. The van der Waals surface area contributed by atoms with Gasteiger partial charge >= 0.3 is 33.6 Å². The van der Waals surface area contributed by atoms with Gasteiger partial charge in [-0.2, -0.15) is 0 Å². The zero-order chi connectivity index (χ0) is 70.9. The van der Waals surface area contributed by atoms with E-state index in [1.807, 2.05) is 36.5 Å². The minimum Gasteiger partial charge on any atom is -0.463 e. The second-order valence-electron chi connectivity index (χ2n) is 22.5. The van der Waals surface area contributed by atoms with Gasteiger partial charge in [0, 0.05) is 19.3 Å². The van der Waals surface area contributed by atoms with Crippen LogP contribution in [0.15, 0.2) is 207 Å². The molecule has 0 radical (unpaired) electrons. The van der Waals surface area contributed by atoms with Crippen molar-refractivity contribution in [2.75, 3.05) is 39.6 Å². The summed E-state index contributed by atoms with van der Waals surface area (Å²) in [6.07, 6.45) is 91.9. The molecule has 0 spiro atoms. The number of aliphatic hydroxyl groups excluding tert-OH is 2. The van der Waals surface area contributed by atoms with E-state index >= 15 is 0 Å². The molecule has 544 valence electrons. The van der Waals surface area contributed by atoms with E-state index in [9.17, 15) is 43.5 Å². The molecule has 0 fully saturated rings. The Bertz CT molecular complexity index is 2590.